The monoisotopic (exact) mass is 203 g/mol. The summed E-state index contributed by atoms with van der Waals surface area (Å²) in [6, 6.07) is 11.1. The van der Waals surface area contributed by atoms with Gasteiger partial charge in [-0.3, -0.25) is 4.79 Å². The Morgan fingerprint density at radius 3 is 2.80 bits per heavy atom. The molecule has 76 valence electrons. The van der Waals surface area contributed by atoms with Crippen molar-refractivity contribution in [1.29, 1.82) is 0 Å². The first kappa shape index (κ1) is 9.45. The second kappa shape index (κ2) is 4.41. The predicted octanol–water partition coefficient (Wildman–Crippen LogP) is 2.07. The summed E-state index contributed by atoms with van der Waals surface area (Å²) in [6.45, 7) is 0.408. The highest BCUT2D eigenvalue weighted by Crippen LogP contribution is 2.11. The second-order valence-corrected chi connectivity index (χ2v) is 2.96. The molecule has 1 heterocycles. The lowest BCUT2D eigenvalue weighted by Crippen LogP contribution is -1.94. The van der Waals surface area contributed by atoms with Crippen molar-refractivity contribution in [2.24, 2.45) is 0 Å². The van der Waals surface area contributed by atoms with Crippen molar-refractivity contribution in [3.05, 3.63) is 47.7 Å². The smallest absolute Gasteiger partial charge is 0.255 e. The molecule has 0 amide bonds. The molecule has 2 rings (SSSR count). The minimum Gasteiger partial charge on any atom is -0.471 e. The Labute approximate surface area is 86.5 Å². The third-order valence-corrected chi connectivity index (χ3v) is 1.85. The van der Waals surface area contributed by atoms with Crippen LogP contribution in [0.2, 0.25) is 0 Å². The lowest BCUT2D eigenvalue weighted by Gasteiger charge is -2.00. The second-order valence-electron chi connectivity index (χ2n) is 2.96. The van der Waals surface area contributed by atoms with Crippen LogP contribution in [0.15, 0.2) is 40.9 Å². The summed E-state index contributed by atoms with van der Waals surface area (Å²) < 4.78 is 9.97. The highest BCUT2D eigenvalue weighted by Gasteiger charge is 2.03. The summed E-state index contributed by atoms with van der Waals surface area (Å²) >= 11 is 0. The molecule has 15 heavy (non-hydrogen) atoms. The van der Waals surface area contributed by atoms with Crippen LogP contribution < -0.4 is 4.74 Å². The van der Waals surface area contributed by atoms with Crippen LogP contribution in [0.25, 0.3) is 0 Å². The topological polar surface area (TPSA) is 52.3 Å². The molecule has 4 heteroatoms. The Balaban J connectivity index is 1.96. The van der Waals surface area contributed by atoms with E-state index in [0.29, 0.717) is 18.8 Å². The molecule has 0 unspecified atom stereocenters. The highest BCUT2D eigenvalue weighted by atomic mass is 16.5. The van der Waals surface area contributed by atoms with Crippen molar-refractivity contribution < 1.29 is 14.1 Å². The van der Waals surface area contributed by atoms with Crippen LogP contribution in [-0.4, -0.2) is 11.4 Å². The van der Waals surface area contributed by atoms with E-state index in [-0.39, 0.29) is 5.76 Å². The van der Waals surface area contributed by atoms with E-state index in [1.54, 1.807) is 0 Å². The van der Waals surface area contributed by atoms with Gasteiger partial charge >= 0.3 is 0 Å². The van der Waals surface area contributed by atoms with E-state index in [1.165, 1.54) is 6.07 Å². The van der Waals surface area contributed by atoms with Gasteiger partial charge in [-0.25, -0.2) is 0 Å². The highest BCUT2D eigenvalue weighted by molar-refractivity contribution is 5.70. The summed E-state index contributed by atoms with van der Waals surface area (Å²) in [7, 11) is 0. The summed E-state index contributed by atoms with van der Waals surface area (Å²) in [5.41, 5.74) is 1.04. The van der Waals surface area contributed by atoms with E-state index in [1.807, 2.05) is 30.3 Å². The van der Waals surface area contributed by atoms with Gasteiger partial charge in [-0.2, -0.15) is 0 Å². The number of benzene rings is 1. The molecule has 0 saturated heterocycles. The Morgan fingerprint density at radius 1 is 1.33 bits per heavy atom. The molecule has 0 atom stereocenters. The molecule has 0 aliphatic carbocycles. The molecular formula is C11H9NO3. The maximum Gasteiger partial charge on any atom is 0.255 e. The Hall–Kier alpha value is -2.10. The zero-order chi connectivity index (χ0) is 10.5. The first-order valence-electron chi connectivity index (χ1n) is 4.47. The number of ether oxygens (including phenoxy) is 1. The fourth-order valence-electron chi connectivity index (χ4n) is 1.13. The van der Waals surface area contributed by atoms with Crippen LogP contribution in [0.5, 0.6) is 5.88 Å². The van der Waals surface area contributed by atoms with Crippen molar-refractivity contribution in [2.45, 2.75) is 6.61 Å². The third kappa shape index (κ3) is 2.43. The maximum absolute atomic E-state index is 10.3. The number of carbonyl (C=O) groups is 1. The van der Waals surface area contributed by atoms with Crippen LogP contribution >= 0.6 is 0 Å². The van der Waals surface area contributed by atoms with Gasteiger partial charge in [-0.1, -0.05) is 30.3 Å². The van der Waals surface area contributed by atoms with E-state index in [9.17, 15) is 4.79 Å². The van der Waals surface area contributed by atoms with Gasteiger partial charge in [0.1, 0.15) is 6.61 Å². The fourth-order valence-corrected chi connectivity index (χ4v) is 1.13. The number of rotatable bonds is 4. The van der Waals surface area contributed by atoms with Crippen LogP contribution in [0.3, 0.4) is 0 Å². The zero-order valence-electron chi connectivity index (χ0n) is 7.92. The Morgan fingerprint density at radius 2 is 2.13 bits per heavy atom. The van der Waals surface area contributed by atoms with Crippen molar-refractivity contribution in [1.82, 2.24) is 5.16 Å². The molecule has 2 aromatic rings. The fraction of sp³-hybridized carbons (Fsp3) is 0.0909. The van der Waals surface area contributed by atoms with Gasteiger partial charge in [0.25, 0.3) is 5.88 Å². The summed E-state index contributed by atoms with van der Waals surface area (Å²) in [6.07, 6.45) is 0.586. The van der Waals surface area contributed by atoms with Crippen molar-refractivity contribution in [2.75, 3.05) is 0 Å². The number of hydrogen-bond donors (Lipinski definition) is 0. The quantitative estimate of drug-likeness (QED) is 0.714. The van der Waals surface area contributed by atoms with Gasteiger partial charge in [0.15, 0.2) is 6.29 Å². The van der Waals surface area contributed by atoms with Crippen molar-refractivity contribution in [3.63, 3.8) is 0 Å². The summed E-state index contributed by atoms with van der Waals surface area (Å²) in [5, 5.41) is 3.57. The number of aromatic nitrogens is 1. The van der Waals surface area contributed by atoms with Crippen molar-refractivity contribution >= 4 is 6.29 Å². The number of hydrogen-bond acceptors (Lipinski definition) is 4. The molecular weight excluding hydrogens is 194 g/mol. The first-order chi connectivity index (χ1) is 7.38. The lowest BCUT2D eigenvalue weighted by atomic mass is 10.2. The van der Waals surface area contributed by atoms with Crippen LogP contribution in [-0.2, 0) is 6.61 Å². The van der Waals surface area contributed by atoms with Gasteiger partial charge < -0.3 is 9.26 Å². The van der Waals surface area contributed by atoms with E-state index in [2.05, 4.69) is 9.68 Å². The van der Waals surface area contributed by atoms with Crippen LogP contribution in [0, 0.1) is 0 Å². The van der Waals surface area contributed by atoms with Gasteiger partial charge in [0, 0.05) is 0 Å². The van der Waals surface area contributed by atoms with Crippen molar-refractivity contribution in [3.8, 4) is 5.88 Å². The molecule has 0 aliphatic rings. The predicted molar refractivity (Wildman–Crippen MR) is 52.7 cm³/mol. The summed E-state index contributed by atoms with van der Waals surface area (Å²) in [5.74, 6) is 0.485. The molecule has 4 nitrogen and oxygen atoms in total. The van der Waals surface area contributed by atoms with Crippen LogP contribution in [0.4, 0.5) is 0 Å². The third-order valence-electron chi connectivity index (χ3n) is 1.85. The molecule has 0 spiro atoms. The normalized spacial score (nSPS) is 9.87. The maximum atomic E-state index is 10.3. The average Bonchev–Trinajstić information content (AvgIpc) is 2.76. The van der Waals surface area contributed by atoms with E-state index >= 15 is 0 Å². The number of aldehydes is 1. The lowest BCUT2D eigenvalue weighted by molar-refractivity contribution is 0.109. The van der Waals surface area contributed by atoms with E-state index in [0.717, 1.165) is 5.56 Å². The molecule has 0 fully saturated rings. The minimum atomic E-state index is 0.165. The SMILES string of the molecule is O=Cc1cc(OCc2ccccc2)no1. The van der Waals surface area contributed by atoms with Crippen LogP contribution in [0.1, 0.15) is 16.1 Å². The number of carbonyl (C=O) groups excluding carboxylic acids is 1. The largest absolute Gasteiger partial charge is 0.471 e. The molecule has 0 N–H and O–H groups in total. The molecule has 1 aromatic heterocycles. The van der Waals surface area contributed by atoms with Gasteiger partial charge in [0.2, 0.25) is 5.76 Å². The number of nitrogens with zero attached hydrogens (tertiary/aromatic N) is 1. The average molecular weight is 203 g/mol. The zero-order valence-corrected chi connectivity index (χ0v) is 7.92. The van der Waals surface area contributed by atoms with Gasteiger partial charge in [-0.05, 0) is 10.7 Å². The first-order valence-corrected chi connectivity index (χ1v) is 4.47. The Bertz CT molecular complexity index is 436. The molecule has 0 saturated carbocycles. The minimum absolute atomic E-state index is 0.165. The Kier molecular flexibility index (Phi) is 2.78. The standard InChI is InChI=1S/C11H9NO3/c13-7-10-6-11(12-15-10)14-8-9-4-2-1-3-5-9/h1-7H,8H2. The molecule has 0 bridgehead atoms. The molecule has 0 radical (unpaired) electrons. The summed E-state index contributed by atoms with van der Waals surface area (Å²) in [4.78, 5) is 10.3. The molecule has 0 aliphatic heterocycles. The van der Waals surface area contributed by atoms with Gasteiger partial charge in [0.05, 0.1) is 6.07 Å². The molecule has 1 aromatic carbocycles. The van der Waals surface area contributed by atoms with E-state index < -0.39 is 0 Å². The van der Waals surface area contributed by atoms with E-state index in [4.69, 9.17) is 4.74 Å². The van der Waals surface area contributed by atoms with Gasteiger partial charge in [-0.15, -0.1) is 0 Å².